The Morgan fingerprint density at radius 1 is 1.37 bits per heavy atom. The zero-order valence-corrected chi connectivity index (χ0v) is 11.5. The van der Waals surface area contributed by atoms with Gasteiger partial charge in [0.15, 0.2) is 0 Å². The highest BCUT2D eigenvalue weighted by Gasteiger charge is 2.30. The number of hydrogen-bond acceptors (Lipinski definition) is 2. The van der Waals surface area contributed by atoms with E-state index in [1.54, 1.807) is 7.11 Å². The number of methoxy groups -OCH3 is 1. The van der Waals surface area contributed by atoms with Crippen molar-refractivity contribution in [2.45, 2.75) is 25.3 Å². The summed E-state index contributed by atoms with van der Waals surface area (Å²) in [5, 5.41) is 4.99. The minimum Gasteiger partial charge on any atom is -0.383 e. The van der Waals surface area contributed by atoms with E-state index in [-0.39, 0.29) is 0 Å². The quantitative estimate of drug-likeness (QED) is 0.801. The van der Waals surface area contributed by atoms with Crippen LogP contribution in [-0.4, -0.2) is 31.3 Å². The van der Waals surface area contributed by atoms with E-state index >= 15 is 0 Å². The third kappa shape index (κ3) is 2.99. The average Bonchev–Trinajstić information content (AvgIpc) is 3.20. The first-order chi connectivity index (χ1) is 9.38. The molecule has 1 saturated carbocycles. The van der Waals surface area contributed by atoms with E-state index in [2.05, 4.69) is 40.8 Å². The Hall–Kier alpha value is -1.32. The van der Waals surface area contributed by atoms with Gasteiger partial charge in [-0.3, -0.25) is 0 Å². The molecule has 0 radical (unpaired) electrons. The predicted octanol–water partition coefficient (Wildman–Crippen LogP) is 2.73. The first-order valence-electron chi connectivity index (χ1n) is 7.16. The lowest BCUT2D eigenvalue weighted by Gasteiger charge is -2.17. The maximum atomic E-state index is 5.29. The summed E-state index contributed by atoms with van der Waals surface area (Å²) in [5.74, 6) is 0.836. The number of fused-ring (bicyclic) bond motifs is 1. The van der Waals surface area contributed by atoms with Crippen LogP contribution >= 0.6 is 0 Å². The SMILES string of the molecule is COCC(NCCc1c[nH]c2ccccc12)C1CC1. The van der Waals surface area contributed by atoms with Gasteiger partial charge in [0.2, 0.25) is 0 Å². The fraction of sp³-hybridized carbons (Fsp3) is 0.500. The maximum Gasteiger partial charge on any atom is 0.0618 e. The van der Waals surface area contributed by atoms with Gasteiger partial charge >= 0.3 is 0 Å². The number of para-hydroxylation sites is 1. The standard InChI is InChI=1S/C16H22N2O/c1-19-11-16(12-6-7-12)17-9-8-13-10-18-15-5-3-2-4-14(13)15/h2-5,10,12,16-18H,6-9,11H2,1H3. The summed E-state index contributed by atoms with van der Waals surface area (Å²) in [5.41, 5.74) is 2.63. The molecule has 1 aliphatic carbocycles. The lowest BCUT2D eigenvalue weighted by Crippen LogP contribution is -2.36. The van der Waals surface area contributed by atoms with Crippen LogP contribution < -0.4 is 5.32 Å². The van der Waals surface area contributed by atoms with Crippen LogP contribution in [0.2, 0.25) is 0 Å². The smallest absolute Gasteiger partial charge is 0.0618 e. The van der Waals surface area contributed by atoms with Gasteiger partial charge < -0.3 is 15.0 Å². The third-order valence-electron chi connectivity index (χ3n) is 4.01. The van der Waals surface area contributed by atoms with Gasteiger partial charge in [-0.05, 0) is 43.4 Å². The van der Waals surface area contributed by atoms with Crippen molar-refractivity contribution in [1.82, 2.24) is 10.3 Å². The van der Waals surface area contributed by atoms with Crippen molar-refractivity contribution in [3.63, 3.8) is 0 Å². The van der Waals surface area contributed by atoms with Gasteiger partial charge in [0, 0.05) is 30.3 Å². The van der Waals surface area contributed by atoms with Crippen LogP contribution in [0.1, 0.15) is 18.4 Å². The molecule has 1 aliphatic rings. The molecule has 1 aromatic carbocycles. The van der Waals surface area contributed by atoms with Crippen molar-refractivity contribution in [2.24, 2.45) is 5.92 Å². The molecule has 102 valence electrons. The number of rotatable bonds is 7. The molecule has 3 rings (SSSR count). The molecule has 0 bridgehead atoms. The first kappa shape index (κ1) is 12.7. The second-order valence-electron chi connectivity index (χ2n) is 5.46. The topological polar surface area (TPSA) is 37.0 Å². The number of aromatic nitrogens is 1. The summed E-state index contributed by atoms with van der Waals surface area (Å²) in [6, 6.07) is 9.03. The number of benzene rings is 1. The van der Waals surface area contributed by atoms with Gasteiger partial charge in [-0.2, -0.15) is 0 Å². The van der Waals surface area contributed by atoms with Gasteiger partial charge in [-0.15, -0.1) is 0 Å². The highest BCUT2D eigenvalue weighted by molar-refractivity contribution is 5.83. The summed E-state index contributed by atoms with van der Waals surface area (Å²) in [4.78, 5) is 3.33. The van der Waals surface area contributed by atoms with E-state index in [0.29, 0.717) is 6.04 Å². The van der Waals surface area contributed by atoms with Crippen molar-refractivity contribution < 1.29 is 4.74 Å². The van der Waals surface area contributed by atoms with Crippen molar-refractivity contribution in [3.8, 4) is 0 Å². The first-order valence-corrected chi connectivity index (χ1v) is 7.16. The highest BCUT2D eigenvalue weighted by Crippen LogP contribution is 2.32. The Morgan fingerprint density at radius 3 is 3.00 bits per heavy atom. The highest BCUT2D eigenvalue weighted by atomic mass is 16.5. The molecule has 3 heteroatoms. The number of H-pyrrole nitrogens is 1. The second-order valence-corrected chi connectivity index (χ2v) is 5.46. The van der Waals surface area contributed by atoms with Gasteiger partial charge in [-0.25, -0.2) is 0 Å². The molecule has 1 unspecified atom stereocenters. The molecule has 0 spiro atoms. The van der Waals surface area contributed by atoms with Crippen molar-refractivity contribution >= 4 is 10.9 Å². The summed E-state index contributed by atoms with van der Waals surface area (Å²) in [6.07, 6.45) is 5.91. The van der Waals surface area contributed by atoms with E-state index in [1.807, 2.05) is 0 Å². The maximum absolute atomic E-state index is 5.29. The predicted molar refractivity (Wildman–Crippen MR) is 78.4 cm³/mol. The molecule has 0 aliphatic heterocycles. The molecule has 1 aromatic heterocycles. The summed E-state index contributed by atoms with van der Waals surface area (Å²) in [7, 11) is 1.79. The molecule has 1 fully saturated rings. The Morgan fingerprint density at radius 2 is 2.21 bits per heavy atom. The van der Waals surface area contributed by atoms with Crippen LogP contribution in [0.15, 0.2) is 30.5 Å². The van der Waals surface area contributed by atoms with E-state index in [4.69, 9.17) is 4.74 Å². The summed E-state index contributed by atoms with van der Waals surface area (Å²) < 4.78 is 5.29. The third-order valence-corrected chi connectivity index (χ3v) is 4.01. The molecule has 3 nitrogen and oxygen atoms in total. The number of hydrogen-bond donors (Lipinski definition) is 2. The van der Waals surface area contributed by atoms with Gasteiger partial charge in [0.05, 0.1) is 6.61 Å². The van der Waals surface area contributed by atoms with Crippen molar-refractivity contribution in [1.29, 1.82) is 0 Å². The molecule has 0 saturated heterocycles. The lowest BCUT2D eigenvalue weighted by atomic mass is 10.1. The summed E-state index contributed by atoms with van der Waals surface area (Å²) in [6.45, 7) is 1.85. The molecule has 1 atom stereocenters. The van der Waals surface area contributed by atoms with Crippen molar-refractivity contribution in [3.05, 3.63) is 36.0 Å². The number of ether oxygens (including phenoxy) is 1. The average molecular weight is 258 g/mol. The van der Waals surface area contributed by atoms with Crippen LogP contribution in [0.3, 0.4) is 0 Å². The minimum absolute atomic E-state index is 0.537. The molecule has 19 heavy (non-hydrogen) atoms. The fourth-order valence-electron chi connectivity index (χ4n) is 2.77. The zero-order valence-electron chi connectivity index (χ0n) is 11.5. The Bertz CT molecular complexity index is 530. The molecule has 2 N–H and O–H groups in total. The van der Waals surface area contributed by atoms with Crippen LogP contribution in [0.5, 0.6) is 0 Å². The molecule has 2 aromatic rings. The lowest BCUT2D eigenvalue weighted by molar-refractivity contribution is 0.158. The minimum atomic E-state index is 0.537. The zero-order chi connectivity index (χ0) is 13.1. The van der Waals surface area contributed by atoms with E-state index in [1.165, 1.54) is 29.3 Å². The number of aromatic amines is 1. The van der Waals surface area contributed by atoms with Crippen molar-refractivity contribution in [2.75, 3.05) is 20.3 Å². The van der Waals surface area contributed by atoms with E-state index in [0.717, 1.165) is 25.5 Å². The van der Waals surface area contributed by atoms with E-state index < -0.39 is 0 Å². The van der Waals surface area contributed by atoms with Crippen LogP contribution in [-0.2, 0) is 11.2 Å². The van der Waals surface area contributed by atoms with E-state index in [9.17, 15) is 0 Å². The monoisotopic (exact) mass is 258 g/mol. The second kappa shape index (κ2) is 5.76. The molecular formula is C16H22N2O. The molecule has 0 amide bonds. The molecule has 1 heterocycles. The normalized spacial score (nSPS) is 16.9. The summed E-state index contributed by atoms with van der Waals surface area (Å²) >= 11 is 0. The van der Waals surface area contributed by atoms with Crippen LogP contribution in [0.4, 0.5) is 0 Å². The van der Waals surface area contributed by atoms with Crippen LogP contribution in [0, 0.1) is 5.92 Å². The van der Waals surface area contributed by atoms with Gasteiger partial charge in [0.25, 0.3) is 0 Å². The van der Waals surface area contributed by atoms with Crippen LogP contribution in [0.25, 0.3) is 10.9 Å². The largest absolute Gasteiger partial charge is 0.383 e. The van der Waals surface area contributed by atoms with Gasteiger partial charge in [0.1, 0.15) is 0 Å². The fourth-order valence-corrected chi connectivity index (χ4v) is 2.77. The number of nitrogens with one attached hydrogen (secondary N) is 2. The Balaban J connectivity index is 1.56. The Kier molecular flexibility index (Phi) is 3.85. The Labute approximate surface area is 114 Å². The van der Waals surface area contributed by atoms with Gasteiger partial charge in [-0.1, -0.05) is 18.2 Å². The molecular weight excluding hydrogens is 236 g/mol.